The number of halogens is 2. The predicted molar refractivity (Wildman–Crippen MR) is 111 cm³/mol. The zero-order valence-electron chi connectivity index (χ0n) is 14.2. The van der Waals surface area contributed by atoms with Crippen LogP contribution in [0.25, 0.3) is 16.6 Å². The van der Waals surface area contributed by atoms with Crippen LogP contribution in [0.5, 0.6) is 5.88 Å². The number of carboxylic acid groups (broad SMARTS) is 1. The van der Waals surface area contributed by atoms with Crippen LogP contribution in [-0.4, -0.2) is 30.3 Å². The van der Waals surface area contributed by atoms with Gasteiger partial charge in [-0.3, -0.25) is 4.57 Å². The van der Waals surface area contributed by atoms with Gasteiger partial charge in [-0.05, 0) is 36.5 Å². The smallest absolute Gasteiger partial charge is 0.352 e. The summed E-state index contributed by atoms with van der Waals surface area (Å²) in [6.45, 7) is 0.106. The van der Waals surface area contributed by atoms with E-state index in [1.165, 1.54) is 10.8 Å². The molecule has 0 aliphatic heterocycles. The lowest BCUT2D eigenvalue weighted by Gasteiger charge is -2.06. The summed E-state index contributed by atoms with van der Waals surface area (Å²) in [5.74, 6) is -1.18. The number of para-hydroxylation sites is 1. The minimum atomic E-state index is -1.13. The molecular weight excluding hydrogens is 421 g/mol. The van der Waals surface area contributed by atoms with E-state index in [0.29, 0.717) is 37.0 Å². The fraction of sp³-hybridized carbons (Fsp3) is 0.0526. The van der Waals surface area contributed by atoms with Gasteiger partial charge in [-0.15, -0.1) is 0 Å². The Morgan fingerprint density at radius 3 is 2.57 bits per heavy atom. The Labute approximate surface area is 174 Å². The van der Waals surface area contributed by atoms with Crippen molar-refractivity contribution in [3.05, 3.63) is 74.7 Å². The third-order valence-corrected chi connectivity index (χ3v) is 5.35. The van der Waals surface area contributed by atoms with Crippen molar-refractivity contribution in [3.8, 4) is 11.6 Å². The number of fused-ring (bicyclic) bond motifs is 1. The van der Waals surface area contributed by atoms with Crippen molar-refractivity contribution in [2.24, 2.45) is 0 Å². The lowest BCUT2D eigenvalue weighted by molar-refractivity contribution is 0.0690. The summed E-state index contributed by atoms with van der Waals surface area (Å²) in [7, 11) is 0. The molecule has 0 unspecified atom stereocenters. The first-order valence-corrected chi connectivity index (χ1v) is 9.32. The number of hydrogen-bond acceptors (Lipinski definition) is 3. The molecule has 28 heavy (non-hydrogen) atoms. The molecule has 0 amide bonds. The minimum absolute atomic E-state index is 0.00647. The molecule has 2 aromatic carbocycles. The summed E-state index contributed by atoms with van der Waals surface area (Å²) in [5, 5.41) is 21.3. The summed E-state index contributed by atoms with van der Waals surface area (Å²) >= 11 is 17.9. The van der Waals surface area contributed by atoms with Crippen LogP contribution >= 0.6 is 35.4 Å². The maximum atomic E-state index is 11.8. The number of rotatable bonds is 4. The van der Waals surface area contributed by atoms with Gasteiger partial charge in [0.25, 0.3) is 0 Å². The standard InChI is InChI=1S/C19H13Cl2N3O3S/c20-10-6-13(21)16-12(17(18(26)27)22-14(16)7-10)8-23-9-15(25)24(19(23)28)11-4-2-1-3-5-11/h1-7,9,22,25H,8H2,(H,26,27). The molecule has 6 nitrogen and oxygen atoms in total. The lowest BCUT2D eigenvalue weighted by atomic mass is 10.1. The van der Waals surface area contributed by atoms with Crippen molar-refractivity contribution in [2.45, 2.75) is 6.54 Å². The maximum absolute atomic E-state index is 11.8. The minimum Gasteiger partial charge on any atom is -0.493 e. The Kier molecular flexibility index (Phi) is 4.66. The number of aromatic amines is 1. The van der Waals surface area contributed by atoms with E-state index in [1.54, 1.807) is 16.7 Å². The van der Waals surface area contributed by atoms with E-state index in [2.05, 4.69) is 4.98 Å². The fourth-order valence-corrected chi connectivity index (χ4v) is 4.16. The molecule has 142 valence electrons. The van der Waals surface area contributed by atoms with Crippen LogP contribution in [0, 0.1) is 4.77 Å². The van der Waals surface area contributed by atoms with Crippen LogP contribution in [0.4, 0.5) is 0 Å². The Bertz CT molecular complexity index is 1280. The molecule has 9 heteroatoms. The predicted octanol–water partition coefficient (Wildman–Crippen LogP) is 5.25. The number of H-pyrrole nitrogens is 1. The molecule has 3 N–H and O–H groups in total. The summed E-state index contributed by atoms with van der Waals surface area (Å²) < 4.78 is 3.42. The molecule has 0 bridgehead atoms. The Balaban J connectivity index is 1.89. The molecule has 0 fully saturated rings. The highest BCUT2D eigenvalue weighted by Crippen LogP contribution is 2.33. The monoisotopic (exact) mass is 433 g/mol. The number of aromatic hydroxyl groups is 1. The highest BCUT2D eigenvalue weighted by Gasteiger charge is 2.21. The van der Waals surface area contributed by atoms with E-state index in [1.807, 2.05) is 30.3 Å². The van der Waals surface area contributed by atoms with Crippen molar-refractivity contribution in [3.63, 3.8) is 0 Å². The highest BCUT2D eigenvalue weighted by atomic mass is 35.5. The second kappa shape index (κ2) is 7.01. The van der Waals surface area contributed by atoms with Crippen LogP contribution in [0.2, 0.25) is 10.0 Å². The molecule has 0 atom stereocenters. The van der Waals surface area contributed by atoms with Crippen molar-refractivity contribution < 1.29 is 15.0 Å². The van der Waals surface area contributed by atoms with Crippen LogP contribution in [0.15, 0.2) is 48.7 Å². The maximum Gasteiger partial charge on any atom is 0.352 e. The van der Waals surface area contributed by atoms with Gasteiger partial charge in [0.05, 0.1) is 23.5 Å². The van der Waals surface area contributed by atoms with Crippen molar-refractivity contribution in [2.75, 3.05) is 0 Å². The number of carbonyl (C=O) groups is 1. The van der Waals surface area contributed by atoms with Crippen molar-refractivity contribution in [1.29, 1.82) is 0 Å². The molecule has 2 aromatic heterocycles. The van der Waals surface area contributed by atoms with Gasteiger partial charge in [-0.1, -0.05) is 41.4 Å². The number of imidazole rings is 1. The van der Waals surface area contributed by atoms with Gasteiger partial charge in [0, 0.05) is 21.5 Å². The molecule has 0 aliphatic rings. The summed E-state index contributed by atoms with van der Waals surface area (Å²) in [4.78, 5) is 14.6. The number of nitrogens with zero attached hydrogens (tertiary/aromatic N) is 2. The van der Waals surface area contributed by atoms with Crippen molar-refractivity contribution in [1.82, 2.24) is 14.1 Å². The Morgan fingerprint density at radius 2 is 1.89 bits per heavy atom. The van der Waals surface area contributed by atoms with E-state index in [4.69, 9.17) is 35.4 Å². The van der Waals surface area contributed by atoms with Crippen LogP contribution in [-0.2, 0) is 6.54 Å². The quantitative estimate of drug-likeness (QED) is 0.383. The van der Waals surface area contributed by atoms with E-state index in [9.17, 15) is 15.0 Å². The second-order valence-electron chi connectivity index (χ2n) is 6.16. The zero-order chi connectivity index (χ0) is 20.0. The van der Waals surface area contributed by atoms with E-state index in [-0.39, 0.29) is 18.1 Å². The van der Waals surface area contributed by atoms with Gasteiger partial charge in [0.1, 0.15) is 5.69 Å². The number of benzene rings is 2. The van der Waals surface area contributed by atoms with Gasteiger partial charge < -0.3 is 19.8 Å². The van der Waals surface area contributed by atoms with Gasteiger partial charge in [0.15, 0.2) is 4.77 Å². The Morgan fingerprint density at radius 1 is 1.18 bits per heavy atom. The molecule has 0 aliphatic carbocycles. The molecule has 4 rings (SSSR count). The van der Waals surface area contributed by atoms with Gasteiger partial charge in [-0.25, -0.2) is 4.79 Å². The summed E-state index contributed by atoms with van der Waals surface area (Å²) in [5.41, 5.74) is 1.66. The third kappa shape index (κ3) is 3.07. The highest BCUT2D eigenvalue weighted by molar-refractivity contribution is 7.71. The SMILES string of the molecule is O=C(O)c1[nH]c2cc(Cl)cc(Cl)c2c1Cn1cc(O)n(-c2ccccc2)c1=S. The van der Waals surface area contributed by atoms with E-state index in [0.717, 1.165) is 0 Å². The topological polar surface area (TPSA) is 83.2 Å². The van der Waals surface area contributed by atoms with E-state index >= 15 is 0 Å². The Hall–Kier alpha value is -2.74. The fourth-order valence-electron chi connectivity index (χ4n) is 3.24. The lowest BCUT2D eigenvalue weighted by Crippen LogP contribution is -2.06. The number of carboxylic acids is 1. The largest absolute Gasteiger partial charge is 0.493 e. The number of aromatic carboxylic acids is 1. The third-order valence-electron chi connectivity index (χ3n) is 4.41. The van der Waals surface area contributed by atoms with Crippen LogP contribution in [0.1, 0.15) is 16.1 Å². The van der Waals surface area contributed by atoms with Crippen LogP contribution < -0.4 is 0 Å². The average Bonchev–Trinajstić information content (AvgIpc) is 3.13. The average molecular weight is 434 g/mol. The molecule has 0 saturated carbocycles. The molecule has 4 aromatic rings. The first-order chi connectivity index (χ1) is 13.4. The first-order valence-electron chi connectivity index (χ1n) is 8.16. The first kappa shape index (κ1) is 18.6. The van der Waals surface area contributed by atoms with Crippen LogP contribution in [0.3, 0.4) is 0 Å². The van der Waals surface area contributed by atoms with Gasteiger partial charge >= 0.3 is 5.97 Å². The van der Waals surface area contributed by atoms with Gasteiger partial charge in [0.2, 0.25) is 5.88 Å². The summed E-state index contributed by atoms with van der Waals surface area (Å²) in [6.07, 6.45) is 1.46. The number of aromatic nitrogens is 3. The number of hydrogen-bond donors (Lipinski definition) is 3. The molecule has 0 spiro atoms. The second-order valence-corrected chi connectivity index (χ2v) is 7.37. The van der Waals surface area contributed by atoms with E-state index < -0.39 is 5.97 Å². The molecule has 2 heterocycles. The molecule has 0 saturated heterocycles. The van der Waals surface area contributed by atoms with Gasteiger partial charge in [-0.2, -0.15) is 0 Å². The zero-order valence-corrected chi connectivity index (χ0v) is 16.5. The summed E-state index contributed by atoms with van der Waals surface area (Å²) in [6, 6.07) is 12.3. The normalized spacial score (nSPS) is 11.2. The molecular formula is C19H13Cl2N3O3S. The number of nitrogens with one attached hydrogen (secondary N) is 1. The molecule has 0 radical (unpaired) electrons. The van der Waals surface area contributed by atoms with Crippen molar-refractivity contribution >= 4 is 52.3 Å².